The second-order valence-corrected chi connectivity index (χ2v) is 2.63. The second kappa shape index (κ2) is 4.23. The number of hydrogen-bond donors (Lipinski definition) is 0. The van der Waals surface area contributed by atoms with E-state index in [4.69, 9.17) is 4.74 Å². The minimum absolute atomic E-state index is 0.478. The molecule has 11 heavy (non-hydrogen) atoms. The zero-order chi connectivity index (χ0) is 8.10. The van der Waals surface area contributed by atoms with E-state index in [0.717, 1.165) is 31.9 Å². The van der Waals surface area contributed by atoms with Gasteiger partial charge in [-0.15, -0.1) is 0 Å². The molecule has 62 valence electrons. The summed E-state index contributed by atoms with van der Waals surface area (Å²) in [7, 11) is 1.76. The predicted octanol–water partition coefficient (Wildman–Crippen LogP) is 1.14. The van der Waals surface area contributed by atoms with E-state index in [1.54, 1.807) is 7.05 Å². The van der Waals surface area contributed by atoms with Crippen LogP contribution in [0.3, 0.4) is 0 Å². The van der Waals surface area contributed by atoms with E-state index in [-0.39, 0.29) is 0 Å². The first-order chi connectivity index (χ1) is 5.38. The van der Waals surface area contributed by atoms with Gasteiger partial charge in [-0.25, -0.2) is 4.99 Å². The van der Waals surface area contributed by atoms with Crippen LogP contribution in [-0.2, 0) is 4.74 Å². The maximum absolute atomic E-state index is 5.22. The van der Waals surface area contributed by atoms with Gasteiger partial charge in [0.25, 0.3) is 0 Å². The van der Waals surface area contributed by atoms with Crippen LogP contribution >= 0.6 is 0 Å². The molecule has 0 amide bonds. The molecule has 3 heteroatoms. The maximum atomic E-state index is 5.22. The van der Waals surface area contributed by atoms with Gasteiger partial charge in [0.1, 0.15) is 5.84 Å². The first-order valence-corrected chi connectivity index (χ1v) is 3.89. The number of aliphatic imine (C=N–C) groups is 2. The van der Waals surface area contributed by atoms with E-state index in [0.29, 0.717) is 5.92 Å². The zero-order valence-corrected chi connectivity index (χ0v) is 6.92. The Labute approximate surface area is 67.2 Å². The van der Waals surface area contributed by atoms with Gasteiger partial charge in [-0.05, 0) is 19.6 Å². The van der Waals surface area contributed by atoms with Crippen LogP contribution in [-0.4, -0.2) is 32.8 Å². The van der Waals surface area contributed by atoms with Crippen LogP contribution in [0.2, 0.25) is 0 Å². The summed E-state index contributed by atoms with van der Waals surface area (Å²) in [5, 5.41) is 0. The lowest BCUT2D eigenvalue weighted by Gasteiger charge is -2.20. The number of nitrogens with zero attached hydrogens (tertiary/aromatic N) is 2. The Morgan fingerprint density at radius 2 is 2.09 bits per heavy atom. The molecular weight excluding hydrogens is 140 g/mol. The molecule has 1 rings (SSSR count). The van der Waals surface area contributed by atoms with Crippen molar-refractivity contribution in [3.63, 3.8) is 0 Å². The summed E-state index contributed by atoms with van der Waals surface area (Å²) in [5.74, 6) is 1.36. The van der Waals surface area contributed by atoms with Crippen LogP contribution in [0.15, 0.2) is 9.98 Å². The van der Waals surface area contributed by atoms with E-state index >= 15 is 0 Å². The van der Waals surface area contributed by atoms with Crippen molar-refractivity contribution in [3.05, 3.63) is 0 Å². The van der Waals surface area contributed by atoms with Crippen LogP contribution in [0.25, 0.3) is 0 Å². The molecule has 3 nitrogen and oxygen atoms in total. The summed E-state index contributed by atoms with van der Waals surface area (Å²) in [6.07, 6.45) is 2.07. The first kappa shape index (κ1) is 8.40. The average Bonchev–Trinajstić information content (AvgIpc) is 2.09. The summed E-state index contributed by atoms with van der Waals surface area (Å²) >= 11 is 0. The molecule has 0 aromatic heterocycles. The number of hydrogen-bond acceptors (Lipinski definition) is 2. The molecule has 0 saturated carbocycles. The highest BCUT2D eigenvalue weighted by Crippen LogP contribution is 2.16. The standard InChI is InChI=1S/C8H14N2O/c1-9-8(10-2)7-3-5-11-6-4-7/h7H,1,3-6H2,2H3. The van der Waals surface area contributed by atoms with Gasteiger partial charge >= 0.3 is 0 Å². The molecule has 0 atom stereocenters. The summed E-state index contributed by atoms with van der Waals surface area (Å²) < 4.78 is 5.22. The molecule has 0 radical (unpaired) electrons. The molecule has 0 aromatic rings. The Bertz CT molecular complexity index is 159. The lowest BCUT2D eigenvalue weighted by Crippen LogP contribution is -2.22. The van der Waals surface area contributed by atoms with E-state index < -0.39 is 0 Å². The van der Waals surface area contributed by atoms with E-state index in [2.05, 4.69) is 16.7 Å². The maximum Gasteiger partial charge on any atom is 0.125 e. The van der Waals surface area contributed by atoms with Crippen molar-refractivity contribution in [3.8, 4) is 0 Å². The fourth-order valence-corrected chi connectivity index (χ4v) is 1.34. The van der Waals surface area contributed by atoms with Crippen LogP contribution in [0, 0.1) is 5.92 Å². The summed E-state index contributed by atoms with van der Waals surface area (Å²) in [5.41, 5.74) is 0. The molecule has 1 saturated heterocycles. The van der Waals surface area contributed by atoms with Gasteiger partial charge in [-0.1, -0.05) is 0 Å². The van der Waals surface area contributed by atoms with Gasteiger partial charge < -0.3 is 4.74 Å². The molecule has 1 fully saturated rings. The Kier molecular flexibility index (Phi) is 3.23. The molecule has 1 aliphatic heterocycles. The van der Waals surface area contributed by atoms with E-state index in [1.165, 1.54) is 0 Å². The van der Waals surface area contributed by atoms with Crippen molar-refractivity contribution >= 4 is 12.6 Å². The highest BCUT2D eigenvalue weighted by Gasteiger charge is 2.17. The van der Waals surface area contributed by atoms with Crippen LogP contribution < -0.4 is 0 Å². The topological polar surface area (TPSA) is 34.0 Å². The van der Waals surface area contributed by atoms with Crippen LogP contribution in [0.4, 0.5) is 0 Å². The third kappa shape index (κ3) is 2.12. The van der Waals surface area contributed by atoms with Gasteiger partial charge in [0.2, 0.25) is 0 Å². The Morgan fingerprint density at radius 1 is 1.45 bits per heavy atom. The zero-order valence-electron chi connectivity index (χ0n) is 6.92. The Hall–Kier alpha value is -0.700. The third-order valence-corrected chi connectivity index (χ3v) is 1.98. The molecule has 0 unspecified atom stereocenters. The smallest absolute Gasteiger partial charge is 0.125 e. The highest BCUT2D eigenvalue weighted by atomic mass is 16.5. The quantitative estimate of drug-likeness (QED) is 0.412. The van der Waals surface area contributed by atoms with Crippen molar-refractivity contribution in [1.29, 1.82) is 0 Å². The fraction of sp³-hybridized carbons (Fsp3) is 0.750. The second-order valence-electron chi connectivity index (χ2n) is 2.63. The highest BCUT2D eigenvalue weighted by molar-refractivity contribution is 5.88. The lowest BCUT2D eigenvalue weighted by molar-refractivity contribution is 0.0825. The summed E-state index contributed by atoms with van der Waals surface area (Å²) in [6.45, 7) is 5.15. The van der Waals surface area contributed by atoms with Gasteiger partial charge in [-0.3, -0.25) is 4.99 Å². The normalized spacial score (nSPS) is 21.7. The fourth-order valence-electron chi connectivity index (χ4n) is 1.34. The minimum atomic E-state index is 0.478. The largest absolute Gasteiger partial charge is 0.381 e. The van der Waals surface area contributed by atoms with Crippen molar-refractivity contribution in [2.45, 2.75) is 12.8 Å². The molecule has 1 heterocycles. The Morgan fingerprint density at radius 3 is 2.55 bits per heavy atom. The lowest BCUT2D eigenvalue weighted by atomic mass is 9.99. The summed E-state index contributed by atoms with van der Waals surface area (Å²) in [4.78, 5) is 7.94. The molecule has 0 N–H and O–H groups in total. The SMILES string of the molecule is C=NC(=NC)C1CCOCC1. The molecule has 0 aromatic carbocycles. The molecule has 0 bridgehead atoms. The monoisotopic (exact) mass is 154 g/mol. The van der Waals surface area contributed by atoms with Gasteiger partial charge in [-0.2, -0.15) is 0 Å². The first-order valence-electron chi connectivity index (χ1n) is 3.89. The Balaban J connectivity index is 2.49. The van der Waals surface area contributed by atoms with Gasteiger partial charge in [0.05, 0.1) is 0 Å². The number of amidine groups is 1. The van der Waals surface area contributed by atoms with Crippen LogP contribution in [0.5, 0.6) is 0 Å². The molecule has 0 spiro atoms. The predicted molar refractivity (Wildman–Crippen MR) is 46.5 cm³/mol. The number of rotatable bonds is 1. The van der Waals surface area contributed by atoms with Crippen molar-refractivity contribution in [2.24, 2.45) is 15.9 Å². The molecule has 1 aliphatic rings. The molecule has 0 aliphatic carbocycles. The number of ether oxygens (including phenoxy) is 1. The minimum Gasteiger partial charge on any atom is -0.381 e. The van der Waals surface area contributed by atoms with Crippen LogP contribution in [0.1, 0.15) is 12.8 Å². The van der Waals surface area contributed by atoms with Crippen molar-refractivity contribution in [1.82, 2.24) is 0 Å². The van der Waals surface area contributed by atoms with Crippen molar-refractivity contribution < 1.29 is 4.74 Å². The van der Waals surface area contributed by atoms with Crippen molar-refractivity contribution in [2.75, 3.05) is 20.3 Å². The third-order valence-electron chi connectivity index (χ3n) is 1.98. The summed E-state index contributed by atoms with van der Waals surface area (Å²) in [6, 6.07) is 0. The van der Waals surface area contributed by atoms with Gasteiger partial charge in [0.15, 0.2) is 0 Å². The van der Waals surface area contributed by atoms with E-state index in [1.807, 2.05) is 0 Å². The average molecular weight is 154 g/mol. The van der Waals surface area contributed by atoms with E-state index in [9.17, 15) is 0 Å². The molecular formula is C8H14N2O. The van der Waals surface area contributed by atoms with Gasteiger partial charge in [0, 0.05) is 26.2 Å².